The third kappa shape index (κ3) is 0.513. The minimum Gasteiger partial charge on any atom is -0.321 e. The maximum Gasteiger partial charge on any atom is 0.247 e. The summed E-state index contributed by atoms with van der Waals surface area (Å²) in [6.45, 7) is 0. The topological polar surface area (TPSA) is 54.5 Å². The first-order valence-corrected chi connectivity index (χ1v) is 3.34. The molecule has 1 N–H and O–H groups in total. The number of para-hydroxylation sites is 1. The highest BCUT2D eigenvalue weighted by molar-refractivity contribution is 5.92. The number of H-pyrrole nitrogens is 1. The summed E-state index contributed by atoms with van der Waals surface area (Å²) in [5.74, 6) is 0.596. The van der Waals surface area contributed by atoms with E-state index in [9.17, 15) is 0 Å². The number of aromatic amines is 1. The number of nitrogens with zero attached hydrogens (tertiary/aromatic N) is 3. The molecule has 3 aromatic rings. The molecule has 0 radical (unpaired) electrons. The van der Waals surface area contributed by atoms with Crippen molar-refractivity contribution in [3.05, 3.63) is 18.2 Å². The molecule has 4 nitrogen and oxygen atoms in total. The van der Waals surface area contributed by atoms with Crippen molar-refractivity contribution < 1.29 is 0 Å². The van der Waals surface area contributed by atoms with Crippen molar-refractivity contribution in [2.75, 3.05) is 0 Å². The number of benzene rings is 1. The molecular weight excluding hydrogens is 140 g/mol. The van der Waals surface area contributed by atoms with E-state index in [1.807, 2.05) is 18.2 Å². The highest BCUT2D eigenvalue weighted by Crippen LogP contribution is 2.15. The van der Waals surface area contributed by atoms with Crippen LogP contribution < -0.4 is 0 Å². The monoisotopic (exact) mass is 144 g/mol. The van der Waals surface area contributed by atoms with Gasteiger partial charge in [0, 0.05) is 0 Å². The van der Waals surface area contributed by atoms with Crippen LogP contribution in [0.4, 0.5) is 0 Å². The minimum atomic E-state index is 0.596. The van der Waals surface area contributed by atoms with Gasteiger partial charge in [-0.15, -0.1) is 10.2 Å². The van der Waals surface area contributed by atoms with E-state index in [-0.39, 0.29) is 0 Å². The van der Waals surface area contributed by atoms with Crippen LogP contribution in [0, 0.1) is 0 Å². The first kappa shape index (κ1) is 5.01. The van der Waals surface area contributed by atoms with E-state index < -0.39 is 0 Å². The fourth-order valence-corrected chi connectivity index (χ4v) is 1.23. The van der Waals surface area contributed by atoms with Gasteiger partial charge in [-0.3, -0.25) is 0 Å². The minimum absolute atomic E-state index is 0.596. The normalized spacial score (nSPS) is 11.6. The molecule has 0 aliphatic carbocycles. The summed E-state index contributed by atoms with van der Waals surface area (Å²) in [5, 5.41) is 7.80. The zero-order valence-corrected chi connectivity index (χ0v) is 5.57. The molecule has 2 heterocycles. The summed E-state index contributed by atoms with van der Waals surface area (Å²) in [4.78, 5) is 7.21. The van der Waals surface area contributed by atoms with Crippen molar-refractivity contribution in [3.63, 3.8) is 0 Å². The molecule has 2 aromatic heterocycles. The smallest absolute Gasteiger partial charge is 0.247 e. The van der Waals surface area contributed by atoms with Crippen molar-refractivity contribution in [2.45, 2.75) is 0 Å². The molecule has 0 saturated heterocycles. The van der Waals surface area contributed by atoms with Crippen molar-refractivity contribution in [3.8, 4) is 0 Å². The third-order valence-electron chi connectivity index (χ3n) is 1.73. The fourth-order valence-electron chi connectivity index (χ4n) is 1.23. The van der Waals surface area contributed by atoms with Gasteiger partial charge < -0.3 is 4.98 Å². The van der Waals surface area contributed by atoms with E-state index in [0.717, 1.165) is 16.6 Å². The number of aromatic nitrogens is 4. The van der Waals surface area contributed by atoms with Gasteiger partial charge in [-0.2, -0.15) is 0 Å². The Kier molecular flexibility index (Phi) is 0.671. The first-order chi connectivity index (χ1) is 5.43. The predicted molar refractivity (Wildman–Crippen MR) is 40.4 cm³/mol. The van der Waals surface area contributed by atoms with Gasteiger partial charge in [0.15, 0.2) is 0 Å². The molecule has 11 heavy (non-hydrogen) atoms. The first-order valence-electron chi connectivity index (χ1n) is 3.34. The molecule has 1 aromatic carbocycles. The van der Waals surface area contributed by atoms with E-state index >= 15 is 0 Å². The van der Waals surface area contributed by atoms with Crippen LogP contribution in [0.2, 0.25) is 0 Å². The molecule has 0 spiro atoms. The quantitative estimate of drug-likeness (QED) is 0.511. The SMILES string of the molecule is c1cc2nnc3nc2c(c1)[nH]3. The van der Waals surface area contributed by atoms with Crippen LogP contribution >= 0.6 is 0 Å². The lowest BCUT2D eigenvalue weighted by Crippen LogP contribution is -1.83. The highest BCUT2D eigenvalue weighted by Gasteiger charge is 2.04. The molecule has 4 heteroatoms. The maximum absolute atomic E-state index is 4.18. The Morgan fingerprint density at radius 3 is 3.18 bits per heavy atom. The van der Waals surface area contributed by atoms with Crippen molar-refractivity contribution >= 4 is 22.3 Å². The van der Waals surface area contributed by atoms with Crippen molar-refractivity contribution in [1.29, 1.82) is 0 Å². The average molecular weight is 144 g/mol. The van der Waals surface area contributed by atoms with Gasteiger partial charge >= 0.3 is 0 Å². The van der Waals surface area contributed by atoms with Crippen molar-refractivity contribution in [1.82, 2.24) is 20.2 Å². The average Bonchev–Trinajstić information content (AvgIpc) is 2.42. The molecule has 52 valence electrons. The summed E-state index contributed by atoms with van der Waals surface area (Å²) >= 11 is 0. The number of imidazole rings is 1. The summed E-state index contributed by atoms with van der Waals surface area (Å²) in [6, 6.07) is 5.80. The van der Waals surface area contributed by atoms with Gasteiger partial charge in [-0.05, 0) is 12.1 Å². The largest absolute Gasteiger partial charge is 0.321 e. The van der Waals surface area contributed by atoms with Gasteiger partial charge in [-0.1, -0.05) is 6.07 Å². The third-order valence-corrected chi connectivity index (χ3v) is 1.73. The molecule has 0 fully saturated rings. The van der Waals surface area contributed by atoms with Crippen LogP contribution in [-0.2, 0) is 0 Å². The molecule has 0 aliphatic rings. The predicted octanol–water partition coefficient (Wildman–Crippen LogP) is 0.944. The summed E-state index contributed by atoms with van der Waals surface area (Å²) in [5.41, 5.74) is 2.76. The van der Waals surface area contributed by atoms with E-state index in [0.29, 0.717) is 5.78 Å². The standard InChI is InChI=1S/C7H4N4/c1-2-4-6-5(3-1)10-11-7(8-4)9-6/h1-3H,(H,8,9,11). The van der Waals surface area contributed by atoms with Gasteiger partial charge in [0.2, 0.25) is 5.78 Å². The Morgan fingerprint density at radius 1 is 1.18 bits per heavy atom. The highest BCUT2D eigenvalue weighted by atomic mass is 15.2. The van der Waals surface area contributed by atoms with Gasteiger partial charge in [0.05, 0.1) is 5.52 Å². The maximum atomic E-state index is 4.18. The van der Waals surface area contributed by atoms with Crippen LogP contribution in [0.15, 0.2) is 18.2 Å². The Hall–Kier alpha value is -1.71. The molecule has 0 amide bonds. The van der Waals surface area contributed by atoms with E-state index in [1.165, 1.54) is 0 Å². The lowest BCUT2D eigenvalue weighted by Gasteiger charge is -1.87. The lowest BCUT2D eigenvalue weighted by atomic mass is 10.3. The van der Waals surface area contributed by atoms with Crippen LogP contribution in [0.5, 0.6) is 0 Å². The molecule has 3 rings (SSSR count). The summed E-state index contributed by atoms with van der Waals surface area (Å²) in [6.07, 6.45) is 0. The molecule has 0 saturated carbocycles. The molecule has 0 unspecified atom stereocenters. The zero-order chi connectivity index (χ0) is 7.26. The number of fused-ring (bicyclic) bond motifs is 1. The number of rotatable bonds is 0. The Bertz CT molecular complexity index is 477. The van der Waals surface area contributed by atoms with Crippen LogP contribution in [0.1, 0.15) is 0 Å². The summed E-state index contributed by atoms with van der Waals surface area (Å²) in [7, 11) is 0. The van der Waals surface area contributed by atoms with Gasteiger partial charge in [0.1, 0.15) is 11.0 Å². The van der Waals surface area contributed by atoms with E-state index in [2.05, 4.69) is 20.2 Å². The number of nitrogens with one attached hydrogen (secondary N) is 1. The molecule has 0 atom stereocenters. The second-order valence-corrected chi connectivity index (χ2v) is 2.43. The van der Waals surface area contributed by atoms with Crippen LogP contribution in [-0.4, -0.2) is 20.2 Å². The lowest BCUT2D eigenvalue weighted by molar-refractivity contribution is 1.07. The Balaban J connectivity index is 2.82. The molecule has 2 bridgehead atoms. The van der Waals surface area contributed by atoms with Gasteiger partial charge in [0.25, 0.3) is 0 Å². The second kappa shape index (κ2) is 1.47. The number of hydrogen-bond acceptors (Lipinski definition) is 3. The van der Waals surface area contributed by atoms with E-state index in [1.54, 1.807) is 0 Å². The number of hydrogen-bond donors (Lipinski definition) is 1. The van der Waals surface area contributed by atoms with Crippen LogP contribution in [0.25, 0.3) is 22.3 Å². The second-order valence-electron chi connectivity index (χ2n) is 2.43. The van der Waals surface area contributed by atoms with E-state index in [4.69, 9.17) is 0 Å². The molecule has 0 aliphatic heterocycles. The van der Waals surface area contributed by atoms with Crippen LogP contribution in [0.3, 0.4) is 0 Å². The Labute approximate surface area is 61.6 Å². The zero-order valence-electron chi connectivity index (χ0n) is 5.57. The van der Waals surface area contributed by atoms with Gasteiger partial charge in [-0.25, -0.2) is 4.98 Å². The Morgan fingerprint density at radius 2 is 2.18 bits per heavy atom. The van der Waals surface area contributed by atoms with Crippen molar-refractivity contribution in [2.24, 2.45) is 0 Å². The summed E-state index contributed by atoms with van der Waals surface area (Å²) < 4.78 is 0. The fraction of sp³-hybridized carbons (Fsp3) is 0. The molecular formula is C7H4N4.